The average molecular weight is 347 g/mol. The van der Waals surface area contributed by atoms with E-state index in [9.17, 15) is 15.4 Å². The van der Waals surface area contributed by atoms with Crippen LogP contribution in [0.2, 0.25) is 0 Å². The van der Waals surface area contributed by atoms with Gasteiger partial charge in [0.2, 0.25) is 0 Å². The van der Waals surface area contributed by atoms with Gasteiger partial charge in [0.05, 0.1) is 11.5 Å². The lowest BCUT2D eigenvalue weighted by atomic mass is 10.1. The number of benzene rings is 1. The fourth-order valence-electron chi connectivity index (χ4n) is 3.25. The van der Waals surface area contributed by atoms with Crippen LogP contribution >= 0.6 is 0 Å². The Bertz CT molecular complexity index is 658. The first-order chi connectivity index (χ1) is 12.0. The first-order valence-corrected chi connectivity index (χ1v) is 8.56. The smallest absolute Gasteiger partial charge is 0.309 e. The number of rotatable bonds is 7. The summed E-state index contributed by atoms with van der Waals surface area (Å²) in [6.07, 6.45) is 0.996. The molecular formula is C17H25N5O3. The van der Waals surface area contributed by atoms with E-state index < -0.39 is 4.92 Å². The highest BCUT2D eigenvalue weighted by molar-refractivity contribution is 5.73. The van der Waals surface area contributed by atoms with E-state index >= 15 is 0 Å². The standard InChI is InChI=1S/C17H25N5O3/c1-3-14-12-21(6-5-20(14)7-8-25-4-2)15-9-13(11-18)17(22(23)24)16(19)10-15/h9-10,14H,3-8,12,19H2,1-2H3/t14-/m1/s1. The summed E-state index contributed by atoms with van der Waals surface area (Å²) >= 11 is 0. The molecule has 0 aliphatic carbocycles. The Balaban J connectivity index is 2.16. The summed E-state index contributed by atoms with van der Waals surface area (Å²) in [6.45, 7) is 8.92. The van der Waals surface area contributed by atoms with Gasteiger partial charge >= 0.3 is 5.69 Å². The fraction of sp³-hybridized carbons (Fsp3) is 0.588. The van der Waals surface area contributed by atoms with Gasteiger partial charge in [-0.25, -0.2) is 0 Å². The number of nitrogens with two attached hydrogens (primary N) is 1. The van der Waals surface area contributed by atoms with E-state index in [1.807, 2.05) is 13.0 Å². The molecule has 1 aromatic carbocycles. The average Bonchev–Trinajstić information content (AvgIpc) is 2.60. The number of nitrogen functional groups attached to an aromatic ring is 1. The highest BCUT2D eigenvalue weighted by Crippen LogP contribution is 2.32. The predicted octanol–water partition coefficient (Wildman–Crippen LogP) is 1.99. The van der Waals surface area contributed by atoms with Gasteiger partial charge in [0, 0.05) is 44.5 Å². The van der Waals surface area contributed by atoms with Crippen LogP contribution in [0.1, 0.15) is 25.8 Å². The van der Waals surface area contributed by atoms with E-state index in [0.29, 0.717) is 6.04 Å². The fourth-order valence-corrected chi connectivity index (χ4v) is 3.25. The largest absolute Gasteiger partial charge is 0.393 e. The molecule has 8 nitrogen and oxygen atoms in total. The molecule has 1 saturated heterocycles. The van der Waals surface area contributed by atoms with Crippen LogP contribution in [0.25, 0.3) is 0 Å². The van der Waals surface area contributed by atoms with Gasteiger partial charge in [-0.2, -0.15) is 5.26 Å². The molecule has 1 fully saturated rings. The zero-order chi connectivity index (χ0) is 18.4. The molecule has 2 rings (SSSR count). The van der Waals surface area contributed by atoms with Gasteiger partial charge < -0.3 is 15.4 Å². The molecule has 1 atom stereocenters. The third-order valence-corrected chi connectivity index (χ3v) is 4.60. The summed E-state index contributed by atoms with van der Waals surface area (Å²) < 4.78 is 5.45. The Labute approximate surface area is 147 Å². The van der Waals surface area contributed by atoms with Gasteiger partial charge in [0.25, 0.3) is 0 Å². The topological polar surface area (TPSA) is 109 Å². The predicted molar refractivity (Wildman–Crippen MR) is 96.6 cm³/mol. The zero-order valence-electron chi connectivity index (χ0n) is 14.8. The van der Waals surface area contributed by atoms with Crippen molar-refractivity contribution in [3.8, 4) is 6.07 Å². The molecule has 1 aliphatic heterocycles. The minimum atomic E-state index is -0.599. The minimum absolute atomic E-state index is 0.00632. The Kier molecular flexibility index (Phi) is 6.56. The van der Waals surface area contributed by atoms with E-state index in [1.165, 1.54) is 0 Å². The van der Waals surface area contributed by atoms with Crippen molar-refractivity contribution in [1.82, 2.24) is 4.90 Å². The zero-order valence-corrected chi connectivity index (χ0v) is 14.8. The molecule has 1 heterocycles. The summed E-state index contributed by atoms with van der Waals surface area (Å²) in [5.74, 6) is 0. The number of nitro groups is 1. The van der Waals surface area contributed by atoms with Crippen molar-refractivity contribution in [3.63, 3.8) is 0 Å². The van der Waals surface area contributed by atoms with Crippen LogP contribution in [-0.2, 0) is 4.74 Å². The Morgan fingerprint density at radius 3 is 2.80 bits per heavy atom. The van der Waals surface area contributed by atoms with Gasteiger partial charge in [-0.05, 0) is 25.5 Å². The normalized spacial score (nSPS) is 18.1. The van der Waals surface area contributed by atoms with E-state index in [-0.39, 0.29) is 16.9 Å². The molecule has 8 heteroatoms. The van der Waals surface area contributed by atoms with Crippen molar-refractivity contribution in [2.45, 2.75) is 26.3 Å². The maximum Gasteiger partial charge on any atom is 0.309 e. The molecule has 1 aromatic rings. The third-order valence-electron chi connectivity index (χ3n) is 4.60. The second-order valence-electron chi connectivity index (χ2n) is 6.04. The summed E-state index contributed by atoms with van der Waals surface area (Å²) in [6, 6.07) is 5.43. The first kappa shape index (κ1) is 19.0. The number of piperazine rings is 1. The second kappa shape index (κ2) is 8.65. The summed E-state index contributed by atoms with van der Waals surface area (Å²) in [7, 11) is 0. The lowest BCUT2D eigenvalue weighted by Crippen LogP contribution is -2.53. The maximum absolute atomic E-state index is 11.1. The van der Waals surface area contributed by atoms with Crippen LogP contribution in [0, 0.1) is 21.4 Å². The minimum Gasteiger partial charge on any atom is -0.393 e. The lowest BCUT2D eigenvalue weighted by Gasteiger charge is -2.42. The third kappa shape index (κ3) is 4.38. The Hall–Kier alpha value is -2.37. The van der Waals surface area contributed by atoms with E-state index in [2.05, 4.69) is 16.7 Å². The number of nitrogens with zero attached hydrogens (tertiary/aromatic N) is 4. The second-order valence-corrected chi connectivity index (χ2v) is 6.04. The van der Waals surface area contributed by atoms with Gasteiger partial charge in [-0.15, -0.1) is 0 Å². The number of ether oxygens (including phenoxy) is 1. The van der Waals surface area contributed by atoms with E-state index in [0.717, 1.165) is 51.5 Å². The number of nitro benzene ring substituents is 1. The molecule has 2 N–H and O–H groups in total. The van der Waals surface area contributed by atoms with Crippen LogP contribution < -0.4 is 10.6 Å². The molecule has 0 amide bonds. The molecule has 0 radical (unpaired) electrons. The molecule has 0 aromatic heterocycles. The molecule has 25 heavy (non-hydrogen) atoms. The molecule has 0 spiro atoms. The van der Waals surface area contributed by atoms with Crippen molar-refractivity contribution in [2.75, 3.05) is 50.0 Å². The van der Waals surface area contributed by atoms with Gasteiger partial charge in [0.1, 0.15) is 17.3 Å². The Morgan fingerprint density at radius 2 is 2.20 bits per heavy atom. The molecular weight excluding hydrogens is 322 g/mol. The van der Waals surface area contributed by atoms with Crippen molar-refractivity contribution < 1.29 is 9.66 Å². The first-order valence-electron chi connectivity index (χ1n) is 8.56. The van der Waals surface area contributed by atoms with Crippen LogP contribution in [0.5, 0.6) is 0 Å². The Morgan fingerprint density at radius 1 is 1.44 bits per heavy atom. The highest BCUT2D eigenvalue weighted by atomic mass is 16.6. The lowest BCUT2D eigenvalue weighted by molar-refractivity contribution is -0.384. The summed E-state index contributed by atoms with van der Waals surface area (Å²) in [5.41, 5.74) is 6.33. The van der Waals surface area contributed by atoms with Crippen LogP contribution in [0.15, 0.2) is 12.1 Å². The quantitative estimate of drug-likeness (QED) is 0.348. The molecule has 0 unspecified atom stereocenters. The van der Waals surface area contributed by atoms with Gasteiger partial charge in [-0.1, -0.05) is 6.92 Å². The molecule has 1 aliphatic rings. The van der Waals surface area contributed by atoms with E-state index in [1.54, 1.807) is 12.1 Å². The maximum atomic E-state index is 11.1. The number of hydrogen-bond acceptors (Lipinski definition) is 7. The summed E-state index contributed by atoms with van der Waals surface area (Å²) in [4.78, 5) is 15.1. The van der Waals surface area contributed by atoms with Gasteiger partial charge in [0.15, 0.2) is 0 Å². The van der Waals surface area contributed by atoms with Crippen molar-refractivity contribution >= 4 is 17.1 Å². The van der Waals surface area contributed by atoms with Crippen molar-refractivity contribution in [1.29, 1.82) is 5.26 Å². The van der Waals surface area contributed by atoms with Crippen molar-refractivity contribution in [3.05, 3.63) is 27.8 Å². The van der Waals surface area contributed by atoms with Crippen LogP contribution in [0.3, 0.4) is 0 Å². The highest BCUT2D eigenvalue weighted by Gasteiger charge is 2.28. The number of nitriles is 1. The van der Waals surface area contributed by atoms with Crippen LogP contribution in [-0.4, -0.2) is 55.3 Å². The van der Waals surface area contributed by atoms with E-state index in [4.69, 9.17) is 10.5 Å². The molecule has 136 valence electrons. The van der Waals surface area contributed by atoms with Gasteiger partial charge in [-0.3, -0.25) is 15.0 Å². The van der Waals surface area contributed by atoms with Crippen molar-refractivity contribution in [2.24, 2.45) is 0 Å². The molecule has 0 saturated carbocycles. The SMILES string of the molecule is CCOCCN1CCN(c2cc(N)c([N+](=O)[O-])c(C#N)c2)C[C@H]1CC. The molecule has 0 bridgehead atoms. The summed E-state index contributed by atoms with van der Waals surface area (Å²) in [5, 5.41) is 20.3. The van der Waals surface area contributed by atoms with Crippen LogP contribution in [0.4, 0.5) is 17.1 Å². The number of hydrogen-bond donors (Lipinski definition) is 1. The monoisotopic (exact) mass is 347 g/mol. The number of anilines is 2.